The number of thiazole rings is 1. The second kappa shape index (κ2) is 8.56. The Bertz CT molecular complexity index is 1250. The number of pyridine rings is 1. The van der Waals surface area contributed by atoms with Crippen molar-refractivity contribution >= 4 is 34.7 Å². The van der Waals surface area contributed by atoms with Crippen molar-refractivity contribution in [3.8, 4) is 17.3 Å². The molecular weight excluding hydrogens is 457 g/mol. The van der Waals surface area contributed by atoms with Crippen LogP contribution in [0.5, 0.6) is 0 Å². The molecule has 0 saturated carbocycles. The molecule has 1 aliphatic rings. The molecule has 10 heteroatoms. The Morgan fingerprint density at radius 1 is 1.28 bits per heavy atom. The van der Waals surface area contributed by atoms with E-state index in [-0.39, 0.29) is 22.4 Å². The van der Waals surface area contributed by atoms with Crippen LogP contribution in [0.1, 0.15) is 27.4 Å². The van der Waals surface area contributed by atoms with Crippen molar-refractivity contribution < 1.29 is 18.0 Å². The normalized spacial score (nSPS) is 13.2. The third-order valence-electron chi connectivity index (χ3n) is 5.05. The summed E-state index contributed by atoms with van der Waals surface area (Å²) in [6.45, 7) is 3.87. The summed E-state index contributed by atoms with van der Waals surface area (Å²) in [5.41, 5.74) is 2.26. The minimum Gasteiger partial charge on any atom is -0.311 e. The Hall–Kier alpha value is -2.90. The fraction of sp³-hybridized carbons (Fsp3) is 0.273. The van der Waals surface area contributed by atoms with Crippen LogP contribution in [0.4, 0.5) is 18.9 Å². The molecule has 2 aromatic heterocycles. The molecule has 3 heterocycles. The van der Waals surface area contributed by atoms with E-state index in [9.17, 15) is 23.2 Å². The summed E-state index contributed by atoms with van der Waals surface area (Å²) in [5, 5.41) is 12.2. The summed E-state index contributed by atoms with van der Waals surface area (Å²) < 4.78 is 39.9. The number of aryl methyl sites for hydroxylation is 2. The Morgan fingerprint density at radius 3 is 2.72 bits per heavy atom. The third-order valence-corrected chi connectivity index (χ3v) is 6.79. The van der Waals surface area contributed by atoms with E-state index < -0.39 is 17.3 Å². The number of hydrogen-bond donors (Lipinski definition) is 0. The maximum Gasteiger partial charge on any atom is 0.417 e. The lowest BCUT2D eigenvalue weighted by atomic mass is 10.1. The number of alkyl halides is 3. The monoisotopic (exact) mass is 474 g/mol. The van der Waals surface area contributed by atoms with Gasteiger partial charge < -0.3 is 4.90 Å². The van der Waals surface area contributed by atoms with Gasteiger partial charge >= 0.3 is 6.18 Å². The van der Waals surface area contributed by atoms with Gasteiger partial charge in [-0.25, -0.2) is 9.97 Å². The number of carbonyl (C=O) groups is 1. The SMILES string of the molecule is Cc1cc(C(F)(F)F)c(C#N)c(SCC(=O)N2CCc3cc(-c4csc(C)n4)ccc32)n1. The van der Waals surface area contributed by atoms with Crippen LogP contribution in [0.2, 0.25) is 0 Å². The van der Waals surface area contributed by atoms with E-state index >= 15 is 0 Å². The highest BCUT2D eigenvalue weighted by atomic mass is 32.2. The number of carbonyl (C=O) groups excluding carboxylic acids is 1. The van der Waals surface area contributed by atoms with Crippen LogP contribution in [-0.4, -0.2) is 28.2 Å². The molecule has 5 nitrogen and oxygen atoms in total. The first-order valence-corrected chi connectivity index (χ1v) is 11.5. The smallest absolute Gasteiger partial charge is 0.311 e. The zero-order valence-electron chi connectivity index (χ0n) is 17.2. The number of nitrogens with zero attached hydrogens (tertiary/aromatic N) is 4. The van der Waals surface area contributed by atoms with E-state index in [4.69, 9.17) is 0 Å². The number of fused-ring (bicyclic) bond motifs is 1. The Labute approximate surface area is 190 Å². The molecule has 1 aromatic carbocycles. The minimum atomic E-state index is -4.67. The summed E-state index contributed by atoms with van der Waals surface area (Å²) in [6.07, 6.45) is -3.98. The number of rotatable bonds is 4. The summed E-state index contributed by atoms with van der Waals surface area (Å²) in [7, 11) is 0. The van der Waals surface area contributed by atoms with Crippen LogP contribution in [0.3, 0.4) is 0 Å². The summed E-state index contributed by atoms with van der Waals surface area (Å²) in [6, 6.07) is 8.26. The molecule has 0 aliphatic carbocycles. The van der Waals surface area contributed by atoms with Crippen molar-refractivity contribution in [3.05, 3.63) is 57.0 Å². The van der Waals surface area contributed by atoms with Crippen LogP contribution in [-0.2, 0) is 17.4 Å². The molecule has 0 radical (unpaired) electrons. The predicted molar refractivity (Wildman–Crippen MR) is 118 cm³/mol. The van der Waals surface area contributed by atoms with Gasteiger partial charge in [-0.15, -0.1) is 11.3 Å². The first-order chi connectivity index (χ1) is 15.2. The molecule has 0 atom stereocenters. The van der Waals surface area contributed by atoms with Crippen LogP contribution in [0, 0.1) is 25.2 Å². The predicted octanol–water partition coefficient (Wildman–Crippen LogP) is 5.39. The molecular formula is C22H17F3N4OS2. The van der Waals surface area contributed by atoms with E-state index in [1.807, 2.05) is 30.5 Å². The highest BCUT2D eigenvalue weighted by Crippen LogP contribution is 2.37. The number of amides is 1. The highest BCUT2D eigenvalue weighted by Gasteiger charge is 2.36. The number of benzene rings is 1. The van der Waals surface area contributed by atoms with Crippen LogP contribution in [0.15, 0.2) is 34.7 Å². The molecule has 0 fully saturated rings. The molecule has 1 aliphatic heterocycles. The number of anilines is 1. The van der Waals surface area contributed by atoms with E-state index in [1.54, 1.807) is 22.3 Å². The molecule has 0 bridgehead atoms. The van der Waals surface area contributed by atoms with Gasteiger partial charge in [0.2, 0.25) is 5.91 Å². The average molecular weight is 475 g/mol. The number of halogens is 3. The Kier molecular flexibility index (Phi) is 5.97. The maximum absolute atomic E-state index is 13.3. The zero-order chi connectivity index (χ0) is 23.0. The van der Waals surface area contributed by atoms with Crippen LogP contribution in [0.25, 0.3) is 11.3 Å². The quantitative estimate of drug-likeness (QED) is 0.474. The second-order valence-corrected chi connectivity index (χ2v) is 9.31. The molecule has 32 heavy (non-hydrogen) atoms. The number of aromatic nitrogens is 2. The highest BCUT2D eigenvalue weighted by molar-refractivity contribution is 8.00. The summed E-state index contributed by atoms with van der Waals surface area (Å²) >= 11 is 2.43. The van der Waals surface area contributed by atoms with E-state index in [2.05, 4.69) is 9.97 Å². The first kappa shape index (κ1) is 22.3. The van der Waals surface area contributed by atoms with E-state index in [0.29, 0.717) is 13.0 Å². The Balaban J connectivity index is 1.52. The van der Waals surface area contributed by atoms with Gasteiger partial charge in [-0.2, -0.15) is 18.4 Å². The van der Waals surface area contributed by atoms with Gasteiger partial charge in [0, 0.05) is 28.9 Å². The second-order valence-electron chi connectivity index (χ2n) is 7.28. The number of thioether (sulfide) groups is 1. The fourth-order valence-electron chi connectivity index (χ4n) is 3.60. The van der Waals surface area contributed by atoms with Crippen molar-refractivity contribution in [2.24, 2.45) is 0 Å². The van der Waals surface area contributed by atoms with Gasteiger partial charge in [0.05, 0.1) is 27.6 Å². The van der Waals surface area contributed by atoms with Gasteiger partial charge in [-0.05, 0) is 44.0 Å². The van der Waals surface area contributed by atoms with Crippen LogP contribution >= 0.6 is 23.1 Å². The van der Waals surface area contributed by atoms with Gasteiger partial charge in [0.1, 0.15) is 11.1 Å². The third kappa shape index (κ3) is 4.36. The Morgan fingerprint density at radius 2 is 2.06 bits per heavy atom. The number of hydrogen-bond acceptors (Lipinski definition) is 6. The van der Waals surface area contributed by atoms with Crippen molar-refractivity contribution in [2.75, 3.05) is 17.2 Å². The molecule has 3 aromatic rings. The molecule has 0 unspecified atom stereocenters. The fourth-order valence-corrected chi connectivity index (χ4v) is 5.15. The van der Waals surface area contributed by atoms with Gasteiger partial charge in [0.25, 0.3) is 0 Å². The van der Waals surface area contributed by atoms with E-state index in [0.717, 1.165) is 45.3 Å². The lowest BCUT2D eigenvalue weighted by molar-refractivity contribution is -0.138. The summed E-state index contributed by atoms with van der Waals surface area (Å²) in [5.74, 6) is -0.360. The molecule has 4 rings (SSSR count). The van der Waals surface area contributed by atoms with Gasteiger partial charge in [-0.1, -0.05) is 17.8 Å². The zero-order valence-corrected chi connectivity index (χ0v) is 18.8. The topological polar surface area (TPSA) is 69.9 Å². The number of nitriles is 1. The molecule has 1 amide bonds. The van der Waals surface area contributed by atoms with Crippen LogP contribution < -0.4 is 4.90 Å². The first-order valence-electron chi connectivity index (χ1n) is 9.65. The molecule has 0 saturated heterocycles. The van der Waals surface area contributed by atoms with Crippen molar-refractivity contribution in [1.82, 2.24) is 9.97 Å². The minimum absolute atomic E-state index is 0.0816. The standard InChI is InChI=1S/C22H17F3N4OS2/c1-12-7-17(22(23,24)25)16(9-26)21(27-12)32-11-20(30)29-6-5-15-8-14(3-4-19(15)29)18-10-31-13(2)28-18/h3-4,7-8,10H,5-6,11H2,1-2H3. The lowest BCUT2D eigenvalue weighted by Crippen LogP contribution is -2.30. The summed E-state index contributed by atoms with van der Waals surface area (Å²) in [4.78, 5) is 23.1. The molecule has 164 valence electrons. The lowest BCUT2D eigenvalue weighted by Gasteiger charge is -2.18. The van der Waals surface area contributed by atoms with Crippen molar-refractivity contribution in [3.63, 3.8) is 0 Å². The largest absolute Gasteiger partial charge is 0.417 e. The van der Waals surface area contributed by atoms with Gasteiger partial charge in [0.15, 0.2) is 0 Å². The van der Waals surface area contributed by atoms with Crippen molar-refractivity contribution in [1.29, 1.82) is 5.26 Å². The molecule has 0 spiro atoms. The van der Waals surface area contributed by atoms with E-state index in [1.165, 1.54) is 6.92 Å². The van der Waals surface area contributed by atoms with Gasteiger partial charge in [-0.3, -0.25) is 4.79 Å². The maximum atomic E-state index is 13.3. The molecule has 0 N–H and O–H groups in total. The van der Waals surface area contributed by atoms with Crippen molar-refractivity contribution in [2.45, 2.75) is 31.5 Å². The average Bonchev–Trinajstić information content (AvgIpc) is 3.36.